The number of terminal acetylenes is 1. The zero-order valence-electron chi connectivity index (χ0n) is 12.7. The van der Waals surface area contributed by atoms with E-state index < -0.39 is 11.4 Å². The van der Waals surface area contributed by atoms with Gasteiger partial charge in [-0.15, -0.1) is 6.42 Å². The van der Waals surface area contributed by atoms with Crippen molar-refractivity contribution >= 4 is 21.9 Å². The molecule has 1 N–H and O–H groups in total. The molecule has 2 nitrogen and oxygen atoms in total. The van der Waals surface area contributed by atoms with Gasteiger partial charge in [0.05, 0.1) is 0 Å². The normalized spacial score (nSPS) is 13.7. The lowest BCUT2D eigenvalue weighted by atomic mass is 9.86. The Bertz CT molecular complexity index is 1100. The molecule has 24 heavy (non-hydrogen) atoms. The third-order valence-electron chi connectivity index (χ3n) is 4.27. The van der Waals surface area contributed by atoms with Gasteiger partial charge < -0.3 is 9.52 Å². The summed E-state index contributed by atoms with van der Waals surface area (Å²) in [5.74, 6) is 1.80. The van der Waals surface area contributed by atoms with Crippen molar-refractivity contribution in [3.8, 4) is 12.3 Å². The van der Waals surface area contributed by atoms with Crippen molar-refractivity contribution in [2.24, 2.45) is 0 Å². The van der Waals surface area contributed by atoms with Crippen LogP contribution < -0.4 is 0 Å². The molecule has 1 aromatic heterocycles. The molecule has 1 atom stereocenters. The Kier molecular flexibility index (Phi) is 3.16. The fourth-order valence-electron chi connectivity index (χ4n) is 3.02. The summed E-state index contributed by atoms with van der Waals surface area (Å²) >= 11 is 0. The molecular formula is C21H13FO2. The minimum absolute atomic E-state index is 0.0552. The van der Waals surface area contributed by atoms with Crippen LogP contribution in [-0.4, -0.2) is 5.11 Å². The van der Waals surface area contributed by atoms with Crippen LogP contribution >= 0.6 is 0 Å². The van der Waals surface area contributed by atoms with E-state index in [1.54, 1.807) is 30.3 Å². The Morgan fingerprint density at radius 1 is 0.917 bits per heavy atom. The molecule has 0 aliphatic rings. The molecule has 0 spiro atoms. The monoisotopic (exact) mass is 316 g/mol. The average Bonchev–Trinajstić information content (AvgIpc) is 2.99. The molecule has 3 aromatic carbocycles. The number of benzene rings is 3. The zero-order valence-corrected chi connectivity index (χ0v) is 12.7. The Balaban J connectivity index is 1.99. The van der Waals surface area contributed by atoms with Gasteiger partial charge >= 0.3 is 0 Å². The maximum absolute atomic E-state index is 14.2. The second kappa shape index (κ2) is 5.23. The van der Waals surface area contributed by atoms with Crippen molar-refractivity contribution in [2.75, 3.05) is 0 Å². The smallest absolute Gasteiger partial charge is 0.179 e. The summed E-state index contributed by atoms with van der Waals surface area (Å²) < 4.78 is 20.0. The van der Waals surface area contributed by atoms with Gasteiger partial charge in [0.1, 0.15) is 17.0 Å². The Hall–Kier alpha value is -3.09. The predicted molar refractivity (Wildman–Crippen MR) is 92.0 cm³/mol. The number of hydrogen-bond acceptors (Lipinski definition) is 2. The van der Waals surface area contributed by atoms with Crippen LogP contribution in [0.15, 0.2) is 71.1 Å². The number of rotatable bonds is 2. The molecular weight excluding hydrogens is 303 g/mol. The largest absolute Gasteiger partial charge is 0.456 e. The summed E-state index contributed by atoms with van der Waals surface area (Å²) in [6.07, 6.45) is 5.58. The molecule has 0 saturated carbocycles. The molecule has 0 amide bonds. The van der Waals surface area contributed by atoms with E-state index in [-0.39, 0.29) is 5.56 Å². The first-order chi connectivity index (χ1) is 11.6. The molecule has 0 radical (unpaired) electrons. The molecule has 1 heterocycles. The lowest BCUT2D eigenvalue weighted by Gasteiger charge is -2.23. The number of halogens is 1. The highest BCUT2D eigenvalue weighted by atomic mass is 19.1. The van der Waals surface area contributed by atoms with E-state index in [1.807, 2.05) is 24.3 Å². The van der Waals surface area contributed by atoms with Gasteiger partial charge in [-0.05, 0) is 24.3 Å². The summed E-state index contributed by atoms with van der Waals surface area (Å²) in [5.41, 5.74) is 0.0687. The van der Waals surface area contributed by atoms with Crippen LogP contribution in [0.25, 0.3) is 21.9 Å². The first kappa shape index (κ1) is 14.5. The molecule has 0 fully saturated rings. The van der Waals surface area contributed by atoms with Crippen LogP contribution in [-0.2, 0) is 5.60 Å². The van der Waals surface area contributed by atoms with Crippen molar-refractivity contribution in [3.05, 3.63) is 83.7 Å². The predicted octanol–water partition coefficient (Wildman–Crippen LogP) is 4.59. The number of fused-ring (bicyclic) bond motifs is 3. The fraction of sp³-hybridized carbons (Fsp3) is 0.0476. The van der Waals surface area contributed by atoms with Crippen molar-refractivity contribution in [1.29, 1.82) is 0 Å². The second-order valence-corrected chi connectivity index (χ2v) is 5.64. The molecule has 1 unspecified atom stereocenters. The Morgan fingerprint density at radius 3 is 2.42 bits per heavy atom. The van der Waals surface area contributed by atoms with Crippen molar-refractivity contribution in [2.45, 2.75) is 5.60 Å². The maximum Gasteiger partial charge on any atom is 0.179 e. The molecule has 0 aliphatic heterocycles. The lowest BCUT2D eigenvalue weighted by Crippen LogP contribution is -2.26. The van der Waals surface area contributed by atoms with Crippen molar-refractivity contribution in [3.63, 3.8) is 0 Å². The highest BCUT2D eigenvalue weighted by molar-refractivity contribution is 6.05. The number of para-hydroxylation sites is 1. The van der Waals surface area contributed by atoms with Gasteiger partial charge in [-0.1, -0.05) is 48.4 Å². The van der Waals surface area contributed by atoms with Crippen LogP contribution in [0.5, 0.6) is 0 Å². The van der Waals surface area contributed by atoms with E-state index in [1.165, 1.54) is 12.1 Å². The molecule has 4 aromatic rings. The second-order valence-electron chi connectivity index (χ2n) is 5.64. The fourth-order valence-corrected chi connectivity index (χ4v) is 3.02. The van der Waals surface area contributed by atoms with Gasteiger partial charge in [-0.2, -0.15) is 0 Å². The van der Waals surface area contributed by atoms with Gasteiger partial charge in [0, 0.05) is 21.9 Å². The highest BCUT2D eigenvalue weighted by Gasteiger charge is 2.32. The van der Waals surface area contributed by atoms with Gasteiger partial charge in [0.25, 0.3) is 0 Å². The minimum atomic E-state index is -1.85. The molecule has 0 bridgehead atoms. The van der Waals surface area contributed by atoms with Crippen LogP contribution in [0, 0.1) is 18.2 Å². The standard InChI is InChI=1S/C21H13FO2/c1-2-21(23,17-8-4-5-9-18(17)22)14-11-12-20-16(13-14)15-7-3-6-10-19(15)24-20/h1,3-13,23H. The van der Waals surface area contributed by atoms with E-state index in [2.05, 4.69) is 5.92 Å². The van der Waals surface area contributed by atoms with Gasteiger partial charge in [-0.25, -0.2) is 4.39 Å². The topological polar surface area (TPSA) is 33.4 Å². The van der Waals surface area contributed by atoms with Crippen LogP contribution in [0.4, 0.5) is 4.39 Å². The average molecular weight is 316 g/mol. The molecule has 3 heteroatoms. The first-order valence-electron chi connectivity index (χ1n) is 7.50. The van der Waals surface area contributed by atoms with Gasteiger partial charge in [0.15, 0.2) is 5.60 Å². The molecule has 0 saturated heterocycles. The van der Waals surface area contributed by atoms with Crippen LogP contribution in [0.2, 0.25) is 0 Å². The number of aliphatic hydroxyl groups is 1. The third-order valence-corrected chi connectivity index (χ3v) is 4.27. The van der Waals surface area contributed by atoms with E-state index in [9.17, 15) is 9.50 Å². The summed E-state index contributed by atoms with van der Waals surface area (Å²) in [6, 6.07) is 18.8. The molecule has 0 aliphatic carbocycles. The zero-order chi connectivity index (χ0) is 16.7. The summed E-state index contributed by atoms with van der Waals surface area (Å²) in [7, 11) is 0. The van der Waals surface area contributed by atoms with E-state index in [0.717, 1.165) is 16.4 Å². The third kappa shape index (κ3) is 2.01. The summed E-state index contributed by atoms with van der Waals surface area (Å²) in [4.78, 5) is 0. The van der Waals surface area contributed by atoms with Crippen LogP contribution in [0.3, 0.4) is 0 Å². The number of furan rings is 1. The van der Waals surface area contributed by atoms with Gasteiger partial charge in [-0.3, -0.25) is 0 Å². The SMILES string of the molecule is C#CC(O)(c1ccc2oc3ccccc3c2c1)c1ccccc1F. The van der Waals surface area contributed by atoms with E-state index in [4.69, 9.17) is 10.8 Å². The summed E-state index contributed by atoms with van der Waals surface area (Å²) in [5, 5.41) is 12.8. The van der Waals surface area contributed by atoms with Gasteiger partial charge in [0.2, 0.25) is 0 Å². The quantitative estimate of drug-likeness (QED) is 0.549. The molecule has 4 rings (SSSR count). The first-order valence-corrected chi connectivity index (χ1v) is 7.50. The number of hydrogen-bond donors (Lipinski definition) is 1. The van der Waals surface area contributed by atoms with E-state index >= 15 is 0 Å². The Labute approximate surface area is 138 Å². The minimum Gasteiger partial charge on any atom is -0.456 e. The maximum atomic E-state index is 14.2. The van der Waals surface area contributed by atoms with Crippen molar-refractivity contribution in [1.82, 2.24) is 0 Å². The lowest BCUT2D eigenvalue weighted by molar-refractivity contribution is 0.141. The molecule has 116 valence electrons. The Morgan fingerprint density at radius 2 is 1.62 bits per heavy atom. The van der Waals surface area contributed by atoms with Crippen LogP contribution in [0.1, 0.15) is 11.1 Å². The van der Waals surface area contributed by atoms with E-state index in [0.29, 0.717) is 11.1 Å². The van der Waals surface area contributed by atoms with Crippen molar-refractivity contribution < 1.29 is 13.9 Å². The highest BCUT2D eigenvalue weighted by Crippen LogP contribution is 2.35. The summed E-state index contributed by atoms with van der Waals surface area (Å²) in [6.45, 7) is 0.